The van der Waals surface area contributed by atoms with Gasteiger partial charge >= 0.3 is 0 Å². The Morgan fingerprint density at radius 2 is 0.380 bits per heavy atom. The van der Waals surface area contributed by atoms with E-state index >= 15 is 0 Å². The first-order valence-corrected chi connectivity index (χ1v) is 49.9. The molecule has 0 amide bonds. The maximum Gasteiger partial charge on any atom is 0.0159 e. The lowest BCUT2D eigenvalue weighted by atomic mass is 9.80. The van der Waals surface area contributed by atoms with E-state index in [1.54, 1.807) is 0 Å². The molecule has 662 valence electrons. The minimum absolute atomic E-state index is 0.0906. The summed E-state index contributed by atoms with van der Waals surface area (Å²) in [5.74, 6) is 0. The van der Waals surface area contributed by atoms with Gasteiger partial charge in [-0.25, -0.2) is 0 Å². The molecule has 0 saturated carbocycles. The third-order valence-corrected chi connectivity index (χ3v) is 31.8. The van der Waals surface area contributed by atoms with E-state index in [4.69, 9.17) is 0 Å². The predicted octanol–water partition coefficient (Wildman–Crippen LogP) is 39.8. The van der Waals surface area contributed by atoms with Gasteiger partial charge in [0, 0.05) is 10.8 Å². The summed E-state index contributed by atoms with van der Waals surface area (Å²) in [5.41, 5.74) is 28.2. The fourth-order valence-corrected chi connectivity index (χ4v) is 25.0. The molecule has 28 aromatic rings. The second-order valence-corrected chi connectivity index (χ2v) is 40.2. The van der Waals surface area contributed by atoms with Crippen molar-refractivity contribution in [3.05, 3.63) is 520 Å². The average Bonchev–Trinajstić information content (AvgIpc) is 1.07. The maximum absolute atomic E-state index is 2.50. The van der Waals surface area contributed by atoms with Crippen LogP contribution in [0, 0.1) is 0 Å². The van der Waals surface area contributed by atoms with Gasteiger partial charge in [-0.3, -0.25) is 0 Å². The molecule has 0 heteroatoms. The van der Waals surface area contributed by atoms with Crippen molar-refractivity contribution in [1.82, 2.24) is 0 Å². The van der Waals surface area contributed by atoms with Gasteiger partial charge in [0.2, 0.25) is 0 Å². The van der Waals surface area contributed by atoms with Gasteiger partial charge in [-0.2, -0.15) is 0 Å². The van der Waals surface area contributed by atoms with Crippen molar-refractivity contribution in [2.45, 2.75) is 38.5 Å². The number of rotatable bonds is 7. The van der Waals surface area contributed by atoms with E-state index in [1.165, 1.54) is 295 Å². The van der Waals surface area contributed by atoms with E-state index in [1.807, 2.05) is 0 Å². The van der Waals surface area contributed by atoms with Crippen LogP contribution < -0.4 is 0 Å². The van der Waals surface area contributed by atoms with Crippen molar-refractivity contribution in [3.63, 3.8) is 0 Å². The van der Waals surface area contributed by atoms with Crippen molar-refractivity contribution in [1.29, 1.82) is 0 Å². The molecule has 0 unspecified atom stereocenters. The maximum atomic E-state index is 2.50. The van der Waals surface area contributed by atoms with E-state index in [9.17, 15) is 0 Å². The first kappa shape index (κ1) is 82.6. The highest BCUT2D eigenvalue weighted by molar-refractivity contribution is 6.40. The van der Waals surface area contributed by atoms with Gasteiger partial charge in [-0.15, -0.1) is 0 Å². The fraction of sp³-hybridized carbons (Fsp3) is 0.0423. The SMILES string of the molecule is CC1(C)c2ccccc2-c2ccc(-c3cc(-c4ccc5c(c4)C(C)(C)c4ccccc4-5)cc(-c4cc5c6ccccc6c6cc7ccccc7cc6c5c5ccccc45)c3)cc21.c1ccc(-c2ccc3ccc(-c4cc5c6ccccc6c6c7ccccc7ccc6c5c5ccccc45)cc3c2)cc1.c1ccc(-c2cccc(-c3cc4c5ccccc5c5c6ccccc6ccc5c4c4ccccc34)c2)cc1. The predicted molar refractivity (Wildman–Crippen MR) is 613 cm³/mol. The van der Waals surface area contributed by atoms with Crippen LogP contribution in [0.2, 0.25) is 0 Å². The van der Waals surface area contributed by atoms with Crippen LogP contribution >= 0.6 is 0 Å². The monoisotopic (exact) mass is 1800 g/mol. The van der Waals surface area contributed by atoms with Crippen LogP contribution in [0.1, 0.15) is 49.9 Å². The second kappa shape index (κ2) is 32.5. The lowest BCUT2D eigenvalue weighted by Crippen LogP contribution is -2.15. The van der Waals surface area contributed by atoms with E-state index < -0.39 is 0 Å². The van der Waals surface area contributed by atoms with Gasteiger partial charge in [-0.05, 0) is 374 Å². The molecular weight excluding hydrogens is 1710 g/mol. The van der Waals surface area contributed by atoms with Gasteiger partial charge in [0.1, 0.15) is 0 Å². The van der Waals surface area contributed by atoms with Crippen LogP contribution in [-0.2, 0) is 10.8 Å². The molecule has 0 N–H and O–H groups in total. The Kier molecular flexibility index (Phi) is 18.9. The molecule has 0 heterocycles. The molecule has 30 rings (SSSR count). The summed E-state index contributed by atoms with van der Waals surface area (Å²) in [7, 11) is 0. The van der Waals surface area contributed by atoms with Gasteiger partial charge in [-0.1, -0.05) is 446 Å². The van der Waals surface area contributed by atoms with Crippen molar-refractivity contribution in [3.8, 4) is 100 Å². The summed E-state index contributed by atoms with van der Waals surface area (Å²) in [6.07, 6.45) is 0. The molecular formula is C142H94. The van der Waals surface area contributed by atoms with Gasteiger partial charge in [0.25, 0.3) is 0 Å². The van der Waals surface area contributed by atoms with Crippen LogP contribution in [0.3, 0.4) is 0 Å². The number of hydrogen-bond donors (Lipinski definition) is 0. The third kappa shape index (κ3) is 13.1. The third-order valence-electron chi connectivity index (χ3n) is 31.8. The molecule has 0 radical (unpaired) electrons. The van der Waals surface area contributed by atoms with E-state index in [2.05, 4.69) is 525 Å². The summed E-state index contributed by atoms with van der Waals surface area (Å²) >= 11 is 0. The van der Waals surface area contributed by atoms with E-state index in [-0.39, 0.29) is 10.8 Å². The number of benzene rings is 28. The van der Waals surface area contributed by atoms with E-state index in [0.717, 1.165) is 0 Å². The first-order chi connectivity index (χ1) is 69.9. The molecule has 142 heavy (non-hydrogen) atoms. The Morgan fingerprint density at radius 3 is 0.852 bits per heavy atom. The quantitative estimate of drug-likeness (QED) is 0.110. The Hall–Kier alpha value is -17.7. The minimum Gasteiger partial charge on any atom is -0.0622 e. The summed E-state index contributed by atoms with van der Waals surface area (Å²) < 4.78 is 0. The van der Waals surface area contributed by atoms with Gasteiger partial charge in [0.15, 0.2) is 0 Å². The first-order valence-electron chi connectivity index (χ1n) is 49.9. The highest BCUT2D eigenvalue weighted by Crippen LogP contribution is 2.56. The largest absolute Gasteiger partial charge is 0.0622 e. The molecule has 0 fully saturated rings. The smallest absolute Gasteiger partial charge is 0.0159 e. The Morgan fingerprint density at radius 1 is 0.106 bits per heavy atom. The normalized spacial score (nSPS) is 12.9. The van der Waals surface area contributed by atoms with Crippen molar-refractivity contribution >= 4 is 172 Å². The highest BCUT2D eigenvalue weighted by Gasteiger charge is 2.38. The molecule has 2 aliphatic carbocycles. The molecule has 0 nitrogen and oxygen atoms in total. The van der Waals surface area contributed by atoms with Crippen molar-refractivity contribution < 1.29 is 0 Å². The summed E-state index contributed by atoms with van der Waals surface area (Å²) in [5, 5.41) is 41.6. The molecule has 2 aliphatic rings. The van der Waals surface area contributed by atoms with Crippen LogP contribution in [-0.4, -0.2) is 0 Å². The van der Waals surface area contributed by atoms with Crippen LogP contribution in [0.5, 0.6) is 0 Å². The molecule has 28 aromatic carbocycles. The van der Waals surface area contributed by atoms with Crippen molar-refractivity contribution in [2.75, 3.05) is 0 Å². The Labute approximate surface area is 824 Å². The Balaban J connectivity index is 0.000000108. The Bertz CT molecular complexity index is 10100. The zero-order valence-corrected chi connectivity index (χ0v) is 79.3. The zero-order valence-electron chi connectivity index (χ0n) is 79.3. The van der Waals surface area contributed by atoms with Crippen molar-refractivity contribution in [2.24, 2.45) is 0 Å². The zero-order chi connectivity index (χ0) is 94.2. The summed E-state index contributed by atoms with van der Waals surface area (Å²) in [6, 6.07) is 185. The molecule has 0 saturated heterocycles. The fourth-order valence-electron chi connectivity index (χ4n) is 25.0. The number of hydrogen-bond acceptors (Lipinski definition) is 0. The molecule has 0 bridgehead atoms. The topological polar surface area (TPSA) is 0 Å². The lowest BCUT2D eigenvalue weighted by molar-refractivity contribution is 0.660. The average molecular weight is 1800 g/mol. The molecule has 0 atom stereocenters. The lowest BCUT2D eigenvalue weighted by Gasteiger charge is -2.23. The molecule has 0 aromatic heterocycles. The summed E-state index contributed by atoms with van der Waals surface area (Å²) in [6.45, 7) is 9.52. The molecule has 0 spiro atoms. The van der Waals surface area contributed by atoms with Gasteiger partial charge < -0.3 is 0 Å². The van der Waals surface area contributed by atoms with Crippen LogP contribution in [0.15, 0.2) is 497 Å². The standard InChI is InChI=1S/C62H44.C42H26.C38H24/c1-61(2)56-23-13-11-20-47(56)49-27-25-39(34-58(49)61)41-29-42(40-26-28-50-48-21-12-14-24-57(48)62(3,4)59(50)35-40)31-43(30-41)52-36-55-45-18-8-7-17-44(45)53-32-37-15-5-6-16-38(37)33-54(53)60(55)51-22-10-9-19-46(51)52;1-2-10-27(11-3-1)30-20-18-28-19-21-31(25-32(28)24-30)39-26-40-35-15-7-9-17-37(35)41-33-13-5-4-12-29(33)22-23-38(41)42(40)36-16-8-6-14-34(36)39;1-2-11-25(12-3-1)27-14-10-15-28(23-27)35-24-36-31-18-7-9-20-33(31)37-29-16-5-4-13-26(29)21-22-34(37)38(36)32-19-8-6-17-30(32)35/h5-36H,1-4H3;1-26H;1-24H. The minimum atomic E-state index is -0.0906. The van der Waals surface area contributed by atoms with E-state index in [0.29, 0.717) is 0 Å². The van der Waals surface area contributed by atoms with Crippen LogP contribution in [0.4, 0.5) is 0 Å². The van der Waals surface area contributed by atoms with Gasteiger partial charge in [0.05, 0.1) is 0 Å². The number of fused-ring (bicyclic) bond motifs is 36. The van der Waals surface area contributed by atoms with Crippen LogP contribution in [0.25, 0.3) is 273 Å². The molecule has 0 aliphatic heterocycles. The summed E-state index contributed by atoms with van der Waals surface area (Å²) in [4.78, 5) is 0. The second-order valence-electron chi connectivity index (χ2n) is 40.2. The highest BCUT2D eigenvalue weighted by atomic mass is 14.4.